The lowest BCUT2D eigenvalue weighted by molar-refractivity contribution is 1.04. The van der Waals surface area contributed by atoms with E-state index in [1.54, 1.807) is 0 Å². The summed E-state index contributed by atoms with van der Waals surface area (Å²) in [7, 11) is 0. The monoisotopic (exact) mass is 398 g/mol. The summed E-state index contributed by atoms with van der Waals surface area (Å²) in [5.41, 5.74) is 8.99. The van der Waals surface area contributed by atoms with Gasteiger partial charge < -0.3 is 4.57 Å². The van der Waals surface area contributed by atoms with Crippen molar-refractivity contribution in [2.45, 2.75) is 6.42 Å². The predicted molar refractivity (Wildman–Crippen MR) is 129 cm³/mol. The highest BCUT2D eigenvalue weighted by molar-refractivity contribution is 5.82. The molecule has 2 heteroatoms. The second-order valence-electron chi connectivity index (χ2n) is 7.92. The Kier molecular flexibility index (Phi) is 4.21. The van der Waals surface area contributed by atoms with Gasteiger partial charge in [0.25, 0.3) is 0 Å². The van der Waals surface area contributed by atoms with E-state index in [0.717, 1.165) is 23.6 Å². The Morgan fingerprint density at radius 1 is 0.548 bits per heavy atom. The zero-order valence-electron chi connectivity index (χ0n) is 17.1. The number of hydrogen-bond acceptors (Lipinski definition) is 1. The third-order valence-electron chi connectivity index (χ3n) is 6.04. The number of para-hydroxylation sites is 2. The van der Waals surface area contributed by atoms with Crippen LogP contribution in [0.1, 0.15) is 11.1 Å². The fourth-order valence-electron chi connectivity index (χ4n) is 4.62. The molecule has 6 rings (SSSR count). The van der Waals surface area contributed by atoms with Gasteiger partial charge in [0.1, 0.15) is 5.82 Å². The molecule has 0 saturated carbocycles. The summed E-state index contributed by atoms with van der Waals surface area (Å²) in [5.74, 6) is 1.12. The molecule has 0 unspecified atom stereocenters. The van der Waals surface area contributed by atoms with Crippen LogP contribution < -0.4 is 4.90 Å². The van der Waals surface area contributed by atoms with Crippen LogP contribution in [0.5, 0.6) is 0 Å². The molecule has 0 amide bonds. The molecule has 0 fully saturated rings. The Morgan fingerprint density at radius 2 is 1.26 bits per heavy atom. The molecule has 0 spiro atoms. The minimum absolute atomic E-state index is 0.988. The van der Waals surface area contributed by atoms with Gasteiger partial charge in [0, 0.05) is 23.3 Å². The van der Waals surface area contributed by atoms with Crippen molar-refractivity contribution in [2.75, 3.05) is 4.90 Å². The molecule has 0 aliphatic heterocycles. The van der Waals surface area contributed by atoms with Crippen LogP contribution in [-0.2, 0) is 6.42 Å². The second-order valence-corrected chi connectivity index (χ2v) is 7.92. The van der Waals surface area contributed by atoms with Gasteiger partial charge in [-0.2, -0.15) is 0 Å². The molecule has 1 aliphatic carbocycles. The molecular weight excluding hydrogens is 376 g/mol. The Balaban J connectivity index is 1.51. The molecule has 0 N–H and O–H groups in total. The van der Waals surface area contributed by atoms with Gasteiger partial charge in [-0.25, -0.2) is 0 Å². The highest BCUT2D eigenvalue weighted by Crippen LogP contribution is 2.42. The number of rotatable bonds is 4. The minimum atomic E-state index is 0.988. The molecule has 5 aromatic rings. The second kappa shape index (κ2) is 7.33. The van der Waals surface area contributed by atoms with Crippen LogP contribution in [0.25, 0.3) is 16.8 Å². The van der Waals surface area contributed by atoms with Crippen molar-refractivity contribution in [3.05, 3.63) is 133 Å². The van der Waals surface area contributed by atoms with Crippen molar-refractivity contribution in [1.82, 2.24) is 4.57 Å². The number of hydrogen-bond donors (Lipinski definition) is 0. The molecule has 0 saturated heterocycles. The van der Waals surface area contributed by atoms with Crippen LogP contribution in [0.2, 0.25) is 0 Å². The first kappa shape index (κ1) is 17.8. The maximum atomic E-state index is 2.35. The average molecular weight is 399 g/mol. The average Bonchev–Trinajstić information content (AvgIpc) is 3.45. The van der Waals surface area contributed by atoms with Crippen molar-refractivity contribution >= 4 is 17.2 Å². The summed E-state index contributed by atoms with van der Waals surface area (Å²) < 4.78 is 2.25. The van der Waals surface area contributed by atoms with E-state index in [1.807, 2.05) is 0 Å². The maximum absolute atomic E-state index is 2.35. The van der Waals surface area contributed by atoms with E-state index in [-0.39, 0.29) is 0 Å². The van der Waals surface area contributed by atoms with Crippen molar-refractivity contribution in [2.24, 2.45) is 0 Å². The van der Waals surface area contributed by atoms with Crippen molar-refractivity contribution in [1.29, 1.82) is 0 Å². The molecular formula is C29H22N2. The molecule has 1 aromatic heterocycles. The summed E-state index contributed by atoms with van der Waals surface area (Å²) in [6.45, 7) is 0. The molecule has 148 valence electrons. The van der Waals surface area contributed by atoms with Gasteiger partial charge in [0.2, 0.25) is 0 Å². The largest absolute Gasteiger partial charge is 0.303 e. The highest BCUT2D eigenvalue weighted by atomic mass is 15.2. The van der Waals surface area contributed by atoms with Crippen LogP contribution in [0.4, 0.5) is 17.2 Å². The number of fused-ring (bicyclic) bond motifs is 3. The fourth-order valence-corrected chi connectivity index (χ4v) is 4.62. The smallest absolute Gasteiger partial charge is 0.122 e. The van der Waals surface area contributed by atoms with Crippen LogP contribution >= 0.6 is 0 Å². The summed E-state index contributed by atoms with van der Waals surface area (Å²) in [5, 5.41) is 0. The standard InChI is InChI=1S/C29H22N2/c1-3-11-24(12-4-1)30-19-9-16-29(30)31(25-13-5-2-6-14-25)26-17-18-28-23(21-26)20-22-10-7-8-15-27(22)28/h1-19,21H,20H2. The van der Waals surface area contributed by atoms with Crippen molar-refractivity contribution in [3.8, 4) is 16.8 Å². The summed E-state index contributed by atoms with van der Waals surface area (Å²) >= 11 is 0. The highest BCUT2D eigenvalue weighted by Gasteiger charge is 2.22. The zero-order chi connectivity index (χ0) is 20.6. The summed E-state index contributed by atoms with van der Waals surface area (Å²) in [6.07, 6.45) is 3.12. The first-order valence-electron chi connectivity index (χ1n) is 10.7. The molecule has 0 bridgehead atoms. The predicted octanol–water partition coefficient (Wildman–Crippen LogP) is 7.52. The molecule has 4 aromatic carbocycles. The van der Waals surface area contributed by atoms with Crippen molar-refractivity contribution in [3.63, 3.8) is 0 Å². The van der Waals surface area contributed by atoms with E-state index in [1.165, 1.54) is 27.9 Å². The quantitative estimate of drug-likeness (QED) is 0.298. The van der Waals surface area contributed by atoms with E-state index in [0.29, 0.717) is 0 Å². The Bertz CT molecular complexity index is 1350. The molecule has 1 heterocycles. The molecule has 2 nitrogen and oxygen atoms in total. The lowest BCUT2D eigenvalue weighted by Crippen LogP contribution is -2.14. The topological polar surface area (TPSA) is 8.17 Å². The maximum Gasteiger partial charge on any atom is 0.122 e. The van der Waals surface area contributed by atoms with Gasteiger partial charge >= 0.3 is 0 Å². The van der Waals surface area contributed by atoms with Gasteiger partial charge in [-0.1, -0.05) is 66.7 Å². The van der Waals surface area contributed by atoms with E-state index < -0.39 is 0 Å². The Labute approximate surface area is 182 Å². The SMILES string of the molecule is c1ccc(N(c2ccc3c(c2)Cc2ccccc2-3)c2cccn2-c2ccccc2)cc1. The van der Waals surface area contributed by atoms with Crippen molar-refractivity contribution < 1.29 is 0 Å². The first-order valence-corrected chi connectivity index (χ1v) is 10.7. The fraction of sp³-hybridized carbons (Fsp3) is 0.0345. The normalized spacial score (nSPS) is 11.7. The molecule has 1 aliphatic rings. The molecule has 0 radical (unpaired) electrons. The third-order valence-corrected chi connectivity index (χ3v) is 6.04. The third kappa shape index (κ3) is 3.04. The van der Waals surface area contributed by atoms with E-state index in [2.05, 4.69) is 131 Å². The lowest BCUT2D eigenvalue weighted by Gasteiger charge is -2.27. The van der Waals surface area contributed by atoms with Crippen LogP contribution in [0.15, 0.2) is 121 Å². The van der Waals surface area contributed by atoms with Gasteiger partial charge in [0.15, 0.2) is 0 Å². The van der Waals surface area contributed by atoms with Gasteiger partial charge in [-0.3, -0.25) is 4.90 Å². The number of anilines is 3. The van der Waals surface area contributed by atoms with Gasteiger partial charge in [-0.15, -0.1) is 0 Å². The molecule has 31 heavy (non-hydrogen) atoms. The Hall–Kier alpha value is -4.04. The van der Waals surface area contributed by atoms with Crippen LogP contribution in [0, 0.1) is 0 Å². The summed E-state index contributed by atoms with van der Waals surface area (Å²) in [6, 6.07) is 41.0. The molecule has 0 atom stereocenters. The van der Waals surface area contributed by atoms with E-state index in [9.17, 15) is 0 Å². The van der Waals surface area contributed by atoms with Gasteiger partial charge in [-0.05, 0) is 77.2 Å². The lowest BCUT2D eigenvalue weighted by atomic mass is 10.0. The Morgan fingerprint density at radius 3 is 2.10 bits per heavy atom. The number of benzene rings is 4. The van der Waals surface area contributed by atoms with Crippen LogP contribution in [0.3, 0.4) is 0 Å². The number of aromatic nitrogens is 1. The van der Waals surface area contributed by atoms with E-state index in [4.69, 9.17) is 0 Å². The van der Waals surface area contributed by atoms with Gasteiger partial charge in [0.05, 0.1) is 0 Å². The number of nitrogens with zero attached hydrogens (tertiary/aromatic N) is 2. The van der Waals surface area contributed by atoms with Crippen LogP contribution in [-0.4, -0.2) is 4.57 Å². The summed E-state index contributed by atoms with van der Waals surface area (Å²) in [4.78, 5) is 2.34. The first-order chi connectivity index (χ1) is 15.4. The zero-order valence-corrected chi connectivity index (χ0v) is 17.1. The van der Waals surface area contributed by atoms with E-state index >= 15 is 0 Å². The minimum Gasteiger partial charge on any atom is -0.303 e.